The van der Waals surface area contributed by atoms with Crippen molar-refractivity contribution in [1.82, 2.24) is 0 Å². The number of halogens is 1. The molecule has 0 radical (unpaired) electrons. The van der Waals surface area contributed by atoms with E-state index in [0.717, 1.165) is 12.8 Å². The Labute approximate surface area is 106 Å². The SMILES string of the molecule is NCCCC[C@H](N)C(=O)OCCl.O=C[SH](=O)=O. The van der Waals surface area contributed by atoms with Crippen LogP contribution < -0.4 is 11.5 Å². The smallest absolute Gasteiger partial charge is 0.324 e. The molecule has 0 aliphatic heterocycles. The molecule has 0 aliphatic rings. The van der Waals surface area contributed by atoms with E-state index in [0.29, 0.717) is 13.0 Å². The fourth-order valence-corrected chi connectivity index (χ4v) is 0.895. The third-order valence-electron chi connectivity index (χ3n) is 1.55. The van der Waals surface area contributed by atoms with E-state index in [-0.39, 0.29) is 11.7 Å². The molecule has 0 aromatic rings. The van der Waals surface area contributed by atoms with E-state index < -0.39 is 22.7 Å². The molecule has 0 saturated carbocycles. The van der Waals surface area contributed by atoms with Gasteiger partial charge in [-0.2, -0.15) is 0 Å². The minimum atomic E-state index is -2.78. The van der Waals surface area contributed by atoms with Gasteiger partial charge in [-0.25, -0.2) is 8.42 Å². The van der Waals surface area contributed by atoms with Crippen LogP contribution >= 0.6 is 11.6 Å². The molecule has 9 heteroatoms. The maximum atomic E-state index is 10.9. The summed E-state index contributed by atoms with van der Waals surface area (Å²) >= 11 is 5.18. The van der Waals surface area contributed by atoms with Crippen LogP contribution in [0, 0.1) is 0 Å². The van der Waals surface area contributed by atoms with E-state index in [4.69, 9.17) is 36.3 Å². The molecule has 0 aromatic carbocycles. The van der Waals surface area contributed by atoms with Gasteiger partial charge in [0.15, 0.2) is 16.8 Å². The average Bonchev–Trinajstić information content (AvgIpc) is 2.30. The molecule has 0 heterocycles. The van der Waals surface area contributed by atoms with Crippen molar-refractivity contribution in [3.8, 4) is 0 Å². The number of carbonyl (C=O) groups excluding carboxylic acids is 2. The lowest BCUT2D eigenvalue weighted by Gasteiger charge is -2.08. The van der Waals surface area contributed by atoms with Gasteiger partial charge in [-0.05, 0) is 19.4 Å². The Morgan fingerprint density at radius 2 is 1.94 bits per heavy atom. The van der Waals surface area contributed by atoms with Gasteiger partial charge < -0.3 is 16.2 Å². The van der Waals surface area contributed by atoms with Crippen molar-refractivity contribution in [2.45, 2.75) is 25.3 Å². The van der Waals surface area contributed by atoms with Crippen LogP contribution in [0.4, 0.5) is 0 Å². The van der Waals surface area contributed by atoms with Gasteiger partial charge in [-0.15, -0.1) is 0 Å². The maximum Gasteiger partial charge on any atom is 0.324 e. The third kappa shape index (κ3) is 15.3. The highest BCUT2D eigenvalue weighted by atomic mass is 35.5. The monoisotopic (exact) mass is 288 g/mol. The van der Waals surface area contributed by atoms with E-state index in [9.17, 15) is 4.79 Å². The molecule has 0 rings (SSSR count). The average molecular weight is 289 g/mol. The summed E-state index contributed by atoms with van der Waals surface area (Å²) in [5.41, 5.74) is 10.6. The van der Waals surface area contributed by atoms with Crippen LogP contribution in [-0.4, -0.2) is 38.7 Å². The zero-order valence-electron chi connectivity index (χ0n) is 9.21. The number of esters is 1. The summed E-state index contributed by atoms with van der Waals surface area (Å²) in [6.07, 6.45) is 2.32. The van der Waals surface area contributed by atoms with Crippen molar-refractivity contribution in [3.05, 3.63) is 0 Å². The first-order chi connectivity index (χ1) is 7.99. The van der Waals surface area contributed by atoms with Gasteiger partial charge in [0.05, 0.1) is 0 Å². The summed E-state index contributed by atoms with van der Waals surface area (Å²) in [4.78, 5) is 19.8. The second-order valence-corrected chi connectivity index (χ2v) is 3.85. The minimum Gasteiger partial charge on any atom is -0.448 e. The van der Waals surface area contributed by atoms with E-state index in [1.807, 2.05) is 0 Å². The Morgan fingerprint density at radius 3 is 2.29 bits per heavy atom. The molecule has 102 valence electrons. The molecule has 1 atom stereocenters. The van der Waals surface area contributed by atoms with Gasteiger partial charge in [0.1, 0.15) is 6.04 Å². The minimum absolute atomic E-state index is 0.130. The zero-order chi connectivity index (χ0) is 13.7. The summed E-state index contributed by atoms with van der Waals surface area (Å²) in [5.74, 6) is -0.443. The Hall–Kier alpha value is -0.700. The van der Waals surface area contributed by atoms with Crippen LogP contribution in [0.2, 0.25) is 0 Å². The van der Waals surface area contributed by atoms with Gasteiger partial charge in [-0.3, -0.25) is 9.59 Å². The fourth-order valence-electron chi connectivity index (χ4n) is 0.787. The van der Waals surface area contributed by atoms with Crippen LogP contribution in [0.3, 0.4) is 0 Å². The van der Waals surface area contributed by atoms with Crippen LogP contribution in [0.1, 0.15) is 19.3 Å². The molecule has 0 fully saturated rings. The molecule has 0 aliphatic carbocycles. The Kier molecular flexibility index (Phi) is 14.7. The van der Waals surface area contributed by atoms with Gasteiger partial charge in [0, 0.05) is 0 Å². The fraction of sp³-hybridized carbons (Fsp3) is 0.750. The highest BCUT2D eigenvalue weighted by Gasteiger charge is 2.13. The Morgan fingerprint density at radius 1 is 1.41 bits per heavy atom. The number of nitrogens with two attached hydrogens (primary N) is 2. The third-order valence-corrected chi connectivity index (χ3v) is 1.84. The Balaban J connectivity index is 0. The first kappa shape index (κ1) is 18.7. The van der Waals surface area contributed by atoms with Crippen molar-refractivity contribution in [3.63, 3.8) is 0 Å². The standard InChI is InChI=1S/C7H15ClN2O2.CH2O3S/c8-5-12-7(11)6(10)3-1-2-4-9;2-1-5(3)4/h6H,1-5,9-10H2;1,5H/t6-;/m0./s1. The summed E-state index contributed by atoms with van der Waals surface area (Å²) < 4.78 is 22.6. The second kappa shape index (κ2) is 13.4. The molecule has 4 N–H and O–H groups in total. The quantitative estimate of drug-likeness (QED) is 0.179. The van der Waals surface area contributed by atoms with E-state index in [1.54, 1.807) is 0 Å². The lowest BCUT2D eigenvalue weighted by atomic mass is 10.1. The molecular formula is C8H17ClN2O5S. The predicted molar refractivity (Wildman–Crippen MR) is 64.8 cm³/mol. The normalized spacial score (nSPS) is 11.3. The number of thiol groups is 1. The maximum absolute atomic E-state index is 10.9. The molecule has 17 heavy (non-hydrogen) atoms. The number of ether oxygens (including phenoxy) is 1. The summed E-state index contributed by atoms with van der Waals surface area (Å²) in [5, 5.41) is 0. The van der Waals surface area contributed by atoms with E-state index in [1.165, 1.54) is 0 Å². The predicted octanol–water partition coefficient (Wildman–Crippen LogP) is -1.03. The largest absolute Gasteiger partial charge is 0.448 e. The molecule has 0 spiro atoms. The van der Waals surface area contributed by atoms with Crippen LogP contribution in [0.15, 0.2) is 0 Å². The number of carbonyl (C=O) groups is 2. The number of hydrogen-bond donors (Lipinski definition) is 3. The molecule has 0 unspecified atom stereocenters. The molecule has 0 aromatic heterocycles. The van der Waals surface area contributed by atoms with Crippen LogP contribution in [0.5, 0.6) is 0 Å². The first-order valence-corrected chi connectivity index (χ1v) is 6.54. The number of hydrogen-bond acceptors (Lipinski definition) is 7. The Bertz CT molecular complexity index is 277. The summed E-state index contributed by atoms with van der Waals surface area (Å²) in [6, 6.07) is -0.695. The molecular weight excluding hydrogens is 272 g/mol. The van der Waals surface area contributed by atoms with Crippen molar-refractivity contribution in [2.24, 2.45) is 11.5 Å². The van der Waals surface area contributed by atoms with Crippen molar-refractivity contribution < 1.29 is 22.7 Å². The first-order valence-electron chi connectivity index (χ1n) is 4.76. The van der Waals surface area contributed by atoms with Gasteiger partial charge in [0.2, 0.25) is 5.62 Å². The zero-order valence-corrected chi connectivity index (χ0v) is 10.9. The highest BCUT2D eigenvalue weighted by Crippen LogP contribution is 2.00. The van der Waals surface area contributed by atoms with Gasteiger partial charge >= 0.3 is 5.97 Å². The van der Waals surface area contributed by atoms with Crippen LogP contribution in [0.25, 0.3) is 0 Å². The van der Waals surface area contributed by atoms with Crippen molar-refractivity contribution in [1.29, 1.82) is 0 Å². The van der Waals surface area contributed by atoms with Gasteiger partial charge in [-0.1, -0.05) is 18.0 Å². The number of unbranched alkanes of at least 4 members (excludes halogenated alkanes) is 1. The lowest BCUT2D eigenvalue weighted by Crippen LogP contribution is -2.32. The second-order valence-electron chi connectivity index (χ2n) is 2.85. The molecule has 0 amide bonds. The molecule has 0 bridgehead atoms. The topological polar surface area (TPSA) is 130 Å². The van der Waals surface area contributed by atoms with Gasteiger partial charge in [0.25, 0.3) is 0 Å². The summed E-state index contributed by atoms with van der Waals surface area (Å²) in [7, 11) is -2.78. The highest BCUT2D eigenvalue weighted by molar-refractivity contribution is 7.86. The number of alkyl halides is 1. The summed E-state index contributed by atoms with van der Waals surface area (Å²) in [6.45, 7) is 0.622. The van der Waals surface area contributed by atoms with Crippen molar-refractivity contribution in [2.75, 3.05) is 12.6 Å². The molecule has 0 saturated heterocycles. The number of rotatable bonds is 7. The van der Waals surface area contributed by atoms with Crippen molar-refractivity contribution >= 4 is 33.9 Å². The van der Waals surface area contributed by atoms with Crippen LogP contribution in [-0.2, 0) is 25.0 Å². The lowest BCUT2D eigenvalue weighted by molar-refractivity contribution is -0.143. The van der Waals surface area contributed by atoms with E-state index in [2.05, 4.69) is 4.74 Å². The van der Waals surface area contributed by atoms with E-state index >= 15 is 0 Å². The molecule has 7 nitrogen and oxygen atoms in total.